The zero-order valence-electron chi connectivity index (χ0n) is 15.2. The Morgan fingerprint density at radius 2 is 0.957 bits per heavy atom. The molecule has 0 bridgehead atoms. The first-order chi connectivity index (χ1) is 11.2. The topological polar surface area (TPSA) is 52.6 Å². The molecule has 0 rings (SSSR count). The van der Waals surface area contributed by atoms with Crippen LogP contribution < -0.4 is 0 Å². The molecule has 0 aliphatic rings. The SMILES string of the molecule is CCCCCCC[CH2][Sn]([CH2]CCCCCCC)([O]C=O)[O]C=O. The fourth-order valence-electron chi connectivity index (χ4n) is 2.91. The molecule has 0 unspecified atom stereocenters. The molecule has 136 valence electrons. The van der Waals surface area contributed by atoms with Gasteiger partial charge in [0, 0.05) is 0 Å². The average molecular weight is 435 g/mol. The van der Waals surface area contributed by atoms with E-state index in [1.165, 1.54) is 51.4 Å². The molecule has 0 radical (unpaired) electrons. The Bertz CT molecular complexity index is 256. The van der Waals surface area contributed by atoms with E-state index < -0.39 is 19.2 Å². The molecule has 5 heteroatoms. The van der Waals surface area contributed by atoms with E-state index in [1.807, 2.05) is 0 Å². The predicted octanol–water partition coefficient (Wildman–Crippen LogP) is 5.50. The van der Waals surface area contributed by atoms with Gasteiger partial charge in [0.2, 0.25) is 0 Å². The summed E-state index contributed by atoms with van der Waals surface area (Å²) in [4.78, 5) is 21.8. The van der Waals surface area contributed by atoms with Gasteiger partial charge in [-0.05, 0) is 0 Å². The molecule has 0 aromatic rings. The van der Waals surface area contributed by atoms with E-state index in [0.717, 1.165) is 34.6 Å². The quantitative estimate of drug-likeness (QED) is 0.162. The summed E-state index contributed by atoms with van der Waals surface area (Å²) >= 11 is -3.50. The summed E-state index contributed by atoms with van der Waals surface area (Å²) < 4.78 is 12.4. The van der Waals surface area contributed by atoms with Gasteiger partial charge in [0.25, 0.3) is 0 Å². The Balaban J connectivity index is 4.16. The van der Waals surface area contributed by atoms with Crippen LogP contribution in [-0.2, 0) is 15.7 Å². The van der Waals surface area contributed by atoms with Crippen molar-refractivity contribution in [2.75, 3.05) is 0 Å². The molecule has 0 saturated heterocycles. The summed E-state index contributed by atoms with van der Waals surface area (Å²) in [7, 11) is 0. The van der Waals surface area contributed by atoms with Crippen LogP contribution in [0.15, 0.2) is 0 Å². The van der Waals surface area contributed by atoms with Gasteiger partial charge in [-0.3, -0.25) is 0 Å². The second-order valence-corrected chi connectivity index (χ2v) is 15.8. The van der Waals surface area contributed by atoms with Crippen molar-refractivity contribution in [3.63, 3.8) is 0 Å². The van der Waals surface area contributed by atoms with Gasteiger partial charge in [-0.1, -0.05) is 0 Å². The van der Waals surface area contributed by atoms with Gasteiger partial charge in [0.15, 0.2) is 0 Å². The van der Waals surface area contributed by atoms with Crippen molar-refractivity contribution in [3.8, 4) is 0 Å². The number of carbonyl (C=O) groups excluding carboxylic acids is 2. The minimum atomic E-state index is -3.50. The van der Waals surface area contributed by atoms with Crippen molar-refractivity contribution < 1.29 is 15.7 Å². The molecule has 0 aliphatic heterocycles. The van der Waals surface area contributed by atoms with E-state index in [1.54, 1.807) is 0 Å². The number of carbonyl (C=O) groups is 2. The van der Waals surface area contributed by atoms with Crippen LogP contribution in [0, 0.1) is 0 Å². The molecule has 0 aromatic heterocycles. The summed E-state index contributed by atoms with van der Waals surface area (Å²) in [5.41, 5.74) is 0. The van der Waals surface area contributed by atoms with Crippen LogP contribution in [0.4, 0.5) is 0 Å². The van der Waals surface area contributed by atoms with Crippen LogP contribution in [0.1, 0.15) is 90.9 Å². The van der Waals surface area contributed by atoms with Crippen LogP contribution in [-0.4, -0.2) is 32.1 Å². The van der Waals surface area contributed by atoms with Crippen molar-refractivity contribution in [2.45, 2.75) is 99.8 Å². The third-order valence-corrected chi connectivity index (χ3v) is 13.7. The first-order valence-electron chi connectivity index (χ1n) is 9.47. The second kappa shape index (κ2) is 16.6. The average Bonchev–Trinajstić information content (AvgIpc) is 2.54. The Hall–Kier alpha value is -0.261. The summed E-state index contributed by atoms with van der Waals surface area (Å²) in [6.45, 7) is 5.43. The van der Waals surface area contributed by atoms with Gasteiger partial charge in [0.05, 0.1) is 0 Å². The van der Waals surface area contributed by atoms with Crippen LogP contribution in [0.5, 0.6) is 0 Å². The van der Waals surface area contributed by atoms with E-state index in [-0.39, 0.29) is 0 Å². The maximum atomic E-state index is 10.9. The van der Waals surface area contributed by atoms with E-state index in [0.29, 0.717) is 12.9 Å². The first-order valence-corrected chi connectivity index (χ1v) is 15.8. The molecule has 0 spiro atoms. The molecular weight excluding hydrogens is 399 g/mol. The summed E-state index contributed by atoms with van der Waals surface area (Å²) in [5.74, 6) is 0. The zero-order valence-corrected chi connectivity index (χ0v) is 18.0. The number of hydrogen-bond acceptors (Lipinski definition) is 4. The predicted molar refractivity (Wildman–Crippen MR) is 96.4 cm³/mol. The first kappa shape index (κ1) is 22.7. The van der Waals surface area contributed by atoms with Gasteiger partial charge in [-0.2, -0.15) is 0 Å². The van der Waals surface area contributed by atoms with Gasteiger partial charge >= 0.3 is 148 Å². The molecule has 0 saturated carbocycles. The molecular formula is C18H36O4Sn. The monoisotopic (exact) mass is 436 g/mol. The van der Waals surface area contributed by atoms with Gasteiger partial charge in [-0.15, -0.1) is 0 Å². The number of hydrogen-bond donors (Lipinski definition) is 0. The molecule has 0 aliphatic carbocycles. The van der Waals surface area contributed by atoms with Crippen LogP contribution >= 0.6 is 0 Å². The Kier molecular flexibility index (Phi) is 16.4. The van der Waals surface area contributed by atoms with Crippen molar-refractivity contribution >= 4 is 32.1 Å². The molecule has 0 fully saturated rings. The van der Waals surface area contributed by atoms with Gasteiger partial charge in [0.1, 0.15) is 0 Å². The summed E-state index contributed by atoms with van der Waals surface area (Å²) in [5, 5.41) is 0. The van der Waals surface area contributed by atoms with Gasteiger partial charge < -0.3 is 0 Å². The van der Waals surface area contributed by atoms with Gasteiger partial charge in [-0.25, -0.2) is 0 Å². The molecule has 0 aromatic carbocycles. The zero-order chi connectivity index (χ0) is 17.2. The second-order valence-electron chi connectivity index (χ2n) is 6.37. The normalized spacial score (nSPS) is 11.2. The van der Waals surface area contributed by atoms with E-state index >= 15 is 0 Å². The number of rotatable bonds is 18. The maximum absolute atomic E-state index is 10.9. The third kappa shape index (κ3) is 12.8. The Labute approximate surface area is 147 Å². The van der Waals surface area contributed by atoms with Crippen molar-refractivity contribution in [1.29, 1.82) is 0 Å². The van der Waals surface area contributed by atoms with Crippen LogP contribution in [0.25, 0.3) is 0 Å². The molecule has 4 nitrogen and oxygen atoms in total. The fraction of sp³-hybridized carbons (Fsp3) is 0.889. The molecule has 23 heavy (non-hydrogen) atoms. The van der Waals surface area contributed by atoms with E-state index in [4.69, 9.17) is 6.15 Å². The third-order valence-electron chi connectivity index (χ3n) is 4.35. The standard InChI is InChI=1S/2C8H17.2CH2O2.Sn/c2*1-3-5-7-8-6-4-2;2*2-1-3;/h2*1,3-8H2,2H3;2*1H,(H,2,3);/q;;;;+2/p-2. The fourth-order valence-corrected chi connectivity index (χ4v) is 10.6. The van der Waals surface area contributed by atoms with Crippen LogP contribution in [0.3, 0.4) is 0 Å². The Morgan fingerprint density at radius 1 is 0.609 bits per heavy atom. The molecule has 0 amide bonds. The summed E-state index contributed by atoms with van der Waals surface area (Å²) in [6, 6.07) is 0. The van der Waals surface area contributed by atoms with Crippen molar-refractivity contribution in [2.24, 2.45) is 0 Å². The summed E-state index contributed by atoms with van der Waals surface area (Å²) in [6.07, 6.45) is 14.3. The Morgan fingerprint density at radius 3 is 1.30 bits per heavy atom. The number of unbranched alkanes of at least 4 members (excludes halogenated alkanes) is 10. The molecule has 0 N–H and O–H groups in total. The minimum absolute atomic E-state index is 0.508. The van der Waals surface area contributed by atoms with Crippen molar-refractivity contribution in [1.82, 2.24) is 0 Å². The van der Waals surface area contributed by atoms with E-state index in [9.17, 15) is 9.59 Å². The van der Waals surface area contributed by atoms with E-state index in [2.05, 4.69) is 13.8 Å². The van der Waals surface area contributed by atoms with Crippen molar-refractivity contribution in [3.05, 3.63) is 0 Å². The molecule has 0 atom stereocenters. The molecule has 0 heterocycles. The van der Waals surface area contributed by atoms with Crippen LogP contribution in [0.2, 0.25) is 8.87 Å².